The summed E-state index contributed by atoms with van der Waals surface area (Å²) in [6.45, 7) is 0. The topological polar surface area (TPSA) is 128 Å². The van der Waals surface area contributed by atoms with E-state index in [9.17, 15) is 20.2 Å². The molecule has 22 heavy (non-hydrogen) atoms. The molecule has 2 aromatic rings. The number of oxime groups is 1. The van der Waals surface area contributed by atoms with Crippen LogP contribution in [0.4, 0.5) is 11.4 Å². The van der Waals surface area contributed by atoms with E-state index in [4.69, 9.17) is 9.94 Å². The zero-order valence-corrected chi connectivity index (χ0v) is 10.9. The van der Waals surface area contributed by atoms with E-state index in [1.165, 1.54) is 24.4 Å². The van der Waals surface area contributed by atoms with Crippen molar-refractivity contribution in [3.63, 3.8) is 0 Å². The SMILES string of the molecule is O=[N+]([O-])c1ccc(Oc2ccc(C=NO)cc2)c([N+](=O)[O-])c1. The maximum atomic E-state index is 11.0. The molecule has 0 radical (unpaired) electrons. The van der Waals surface area contributed by atoms with Gasteiger partial charge in [-0.25, -0.2) is 0 Å². The van der Waals surface area contributed by atoms with Gasteiger partial charge in [-0.15, -0.1) is 0 Å². The molecule has 0 fully saturated rings. The van der Waals surface area contributed by atoms with Gasteiger partial charge in [-0.05, 0) is 35.9 Å². The van der Waals surface area contributed by atoms with Crippen molar-refractivity contribution in [1.82, 2.24) is 0 Å². The van der Waals surface area contributed by atoms with Gasteiger partial charge in [-0.3, -0.25) is 20.2 Å². The summed E-state index contributed by atoms with van der Waals surface area (Å²) < 4.78 is 5.37. The van der Waals surface area contributed by atoms with E-state index < -0.39 is 21.2 Å². The Balaban J connectivity index is 2.32. The number of nitrogens with zero attached hydrogens (tertiary/aromatic N) is 3. The Morgan fingerprint density at radius 1 is 1.05 bits per heavy atom. The van der Waals surface area contributed by atoms with Crippen molar-refractivity contribution in [2.24, 2.45) is 5.16 Å². The fourth-order valence-electron chi connectivity index (χ4n) is 1.66. The lowest BCUT2D eigenvalue weighted by Crippen LogP contribution is -1.96. The molecule has 112 valence electrons. The van der Waals surface area contributed by atoms with Crippen LogP contribution in [0.5, 0.6) is 11.5 Å². The number of hydrogen-bond donors (Lipinski definition) is 1. The van der Waals surface area contributed by atoms with Crippen LogP contribution in [0.25, 0.3) is 0 Å². The first-order chi connectivity index (χ1) is 10.5. The highest BCUT2D eigenvalue weighted by Gasteiger charge is 2.21. The van der Waals surface area contributed by atoms with Gasteiger partial charge < -0.3 is 9.94 Å². The predicted molar refractivity (Wildman–Crippen MR) is 75.6 cm³/mol. The number of non-ortho nitro benzene ring substituents is 1. The minimum atomic E-state index is -0.755. The third-order valence-corrected chi connectivity index (χ3v) is 2.66. The van der Waals surface area contributed by atoms with Crippen LogP contribution in [0.3, 0.4) is 0 Å². The Kier molecular flexibility index (Phi) is 4.27. The van der Waals surface area contributed by atoms with E-state index in [1.54, 1.807) is 12.1 Å². The van der Waals surface area contributed by atoms with Gasteiger partial charge in [0.05, 0.1) is 22.1 Å². The molecule has 0 aliphatic rings. The van der Waals surface area contributed by atoms with E-state index in [1.807, 2.05) is 0 Å². The lowest BCUT2D eigenvalue weighted by atomic mass is 10.2. The van der Waals surface area contributed by atoms with Crippen molar-refractivity contribution >= 4 is 17.6 Å². The fraction of sp³-hybridized carbons (Fsp3) is 0. The summed E-state index contributed by atoms with van der Waals surface area (Å²) in [4.78, 5) is 20.2. The Morgan fingerprint density at radius 3 is 2.27 bits per heavy atom. The third-order valence-electron chi connectivity index (χ3n) is 2.66. The molecule has 0 aliphatic heterocycles. The molecule has 9 heteroatoms. The molecule has 0 aliphatic carbocycles. The first-order valence-electron chi connectivity index (χ1n) is 5.89. The van der Waals surface area contributed by atoms with E-state index in [2.05, 4.69) is 5.16 Å². The number of ether oxygens (including phenoxy) is 1. The van der Waals surface area contributed by atoms with Gasteiger partial charge >= 0.3 is 5.69 Å². The molecular formula is C13H9N3O6. The second-order valence-electron chi connectivity index (χ2n) is 4.08. The number of rotatable bonds is 5. The molecule has 0 heterocycles. The molecule has 0 unspecified atom stereocenters. The largest absolute Gasteiger partial charge is 0.450 e. The molecule has 0 spiro atoms. The molecule has 1 N–H and O–H groups in total. The van der Waals surface area contributed by atoms with Crippen LogP contribution in [0.2, 0.25) is 0 Å². The van der Waals surface area contributed by atoms with E-state index >= 15 is 0 Å². The van der Waals surface area contributed by atoms with Crippen molar-refractivity contribution in [2.75, 3.05) is 0 Å². The van der Waals surface area contributed by atoms with Crippen LogP contribution in [-0.2, 0) is 0 Å². The molecule has 9 nitrogen and oxygen atoms in total. The maximum Gasteiger partial charge on any atom is 0.318 e. The normalized spacial score (nSPS) is 10.5. The summed E-state index contributed by atoms with van der Waals surface area (Å²) in [7, 11) is 0. The Bertz CT molecular complexity index is 742. The second-order valence-corrected chi connectivity index (χ2v) is 4.08. The van der Waals surface area contributed by atoms with Crippen LogP contribution >= 0.6 is 0 Å². The highest BCUT2D eigenvalue weighted by atomic mass is 16.6. The Hall–Kier alpha value is -3.49. The zero-order valence-electron chi connectivity index (χ0n) is 10.9. The average molecular weight is 303 g/mol. The minimum Gasteiger partial charge on any atom is -0.450 e. The number of benzene rings is 2. The second kappa shape index (κ2) is 6.31. The summed E-state index contributed by atoms with van der Waals surface area (Å²) in [5.41, 5.74) is -0.295. The van der Waals surface area contributed by atoms with Gasteiger partial charge in [0.15, 0.2) is 0 Å². The molecule has 0 aromatic heterocycles. The first-order valence-corrected chi connectivity index (χ1v) is 5.89. The molecule has 0 amide bonds. The Morgan fingerprint density at radius 2 is 1.73 bits per heavy atom. The van der Waals surface area contributed by atoms with Crippen molar-refractivity contribution in [3.8, 4) is 11.5 Å². The number of nitro benzene ring substituents is 2. The maximum absolute atomic E-state index is 11.0. The van der Waals surface area contributed by atoms with E-state index in [0.717, 1.165) is 12.1 Å². The summed E-state index contributed by atoms with van der Waals surface area (Å²) in [6.07, 6.45) is 1.21. The zero-order chi connectivity index (χ0) is 16.1. The highest BCUT2D eigenvalue weighted by Crippen LogP contribution is 2.34. The molecular weight excluding hydrogens is 294 g/mol. The van der Waals surface area contributed by atoms with Gasteiger partial charge in [0.2, 0.25) is 5.75 Å². The molecule has 0 saturated carbocycles. The molecule has 2 aromatic carbocycles. The molecule has 0 saturated heterocycles. The average Bonchev–Trinajstić information content (AvgIpc) is 2.49. The van der Waals surface area contributed by atoms with Gasteiger partial charge in [-0.2, -0.15) is 0 Å². The highest BCUT2D eigenvalue weighted by molar-refractivity contribution is 5.79. The van der Waals surface area contributed by atoms with Crippen molar-refractivity contribution in [3.05, 3.63) is 68.3 Å². The monoisotopic (exact) mass is 303 g/mol. The van der Waals surface area contributed by atoms with E-state index in [-0.39, 0.29) is 5.75 Å². The van der Waals surface area contributed by atoms with E-state index in [0.29, 0.717) is 11.3 Å². The predicted octanol–water partition coefficient (Wildman–Crippen LogP) is 3.10. The summed E-state index contributed by atoms with van der Waals surface area (Å²) in [5, 5.41) is 32.9. The summed E-state index contributed by atoms with van der Waals surface area (Å²) in [6, 6.07) is 9.31. The van der Waals surface area contributed by atoms with Crippen LogP contribution in [0, 0.1) is 20.2 Å². The first kappa shape index (κ1) is 14.9. The van der Waals surface area contributed by atoms with Gasteiger partial charge in [-0.1, -0.05) is 5.16 Å². The van der Waals surface area contributed by atoms with Gasteiger partial charge in [0.1, 0.15) is 5.75 Å². The van der Waals surface area contributed by atoms with Crippen molar-refractivity contribution in [2.45, 2.75) is 0 Å². The summed E-state index contributed by atoms with van der Waals surface area (Å²) in [5.74, 6) is 0.186. The van der Waals surface area contributed by atoms with Crippen LogP contribution in [0.15, 0.2) is 47.6 Å². The van der Waals surface area contributed by atoms with Gasteiger partial charge in [0.25, 0.3) is 5.69 Å². The third kappa shape index (κ3) is 3.33. The van der Waals surface area contributed by atoms with Crippen LogP contribution in [-0.4, -0.2) is 21.3 Å². The van der Waals surface area contributed by atoms with Gasteiger partial charge in [0, 0.05) is 6.07 Å². The van der Waals surface area contributed by atoms with Crippen molar-refractivity contribution < 1.29 is 19.8 Å². The quantitative estimate of drug-likeness (QED) is 0.391. The lowest BCUT2D eigenvalue weighted by Gasteiger charge is -2.06. The molecule has 0 bridgehead atoms. The standard InChI is InChI=1S/C13H9N3O6/c17-14-8-9-1-4-11(5-2-9)22-13-6-3-10(15(18)19)7-12(13)16(20)21/h1-8,17H. The number of hydrogen-bond acceptors (Lipinski definition) is 7. The molecule has 2 rings (SSSR count). The lowest BCUT2D eigenvalue weighted by molar-refractivity contribution is -0.394. The fourth-order valence-corrected chi connectivity index (χ4v) is 1.66. The molecule has 0 atom stereocenters. The van der Waals surface area contributed by atoms with Crippen molar-refractivity contribution in [1.29, 1.82) is 0 Å². The smallest absolute Gasteiger partial charge is 0.318 e. The summed E-state index contributed by atoms with van der Waals surface area (Å²) >= 11 is 0. The Labute approximate surface area is 123 Å². The van der Waals surface area contributed by atoms with Crippen LogP contribution < -0.4 is 4.74 Å². The van der Waals surface area contributed by atoms with Crippen LogP contribution in [0.1, 0.15) is 5.56 Å². The number of nitro groups is 2. The minimum absolute atomic E-state index is 0.112.